The Hall–Kier alpha value is -0.870. The first-order valence-corrected chi connectivity index (χ1v) is 8.66. The molecule has 0 aliphatic rings. The third-order valence-electron chi connectivity index (χ3n) is 3.55. The van der Waals surface area contributed by atoms with Crippen molar-refractivity contribution in [3.8, 4) is 0 Å². The van der Waals surface area contributed by atoms with E-state index >= 15 is 0 Å². The number of sulfone groups is 1. The van der Waals surface area contributed by atoms with Crippen molar-refractivity contribution in [1.82, 2.24) is 5.32 Å². The van der Waals surface area contributed by atoms with Crippen LogP contribution in [0.15, 0.2) is 18.2 Å². The molecule has 0 aliphatic heterocycles. The maximum Gasteiger partial charge on any atom is 0.150 e. The van der Waals surface area contributed by atoms with Crippen LogP contribution in [0.2, 0.25) is 0 Å². The molecule has 0 aromatic heterocycles. The van der Waals surface area contributed by atoms with Crippen molar-refractivity contribution >= 4 is 9.84 Å². The van der Waals surface area contributed by atoms with Crippen molar-refractivity contribution in [2.45, 2.75) is 39.7 Å². The van der Waals surface area contributed by atoms with E-state index in [1.807, 2.05) is 7.05 Å². The predicted molar refractivity (Wildman–Crippen MR) is 81.3 cm³/mol. The van der Waals surface area contributed by atoms with E-state index in [9.17, 15) is 8.42 Å². The molecule has 0 spiro atoms. The summed E-state index contributed by atoms with van der Waals surface area (Å²) in [6.45, 7) is 5.88. The first kappa shape index (κ1) is 16.2. The van der Waals surface area contributed by atoms with Crippen molar-refractivity contribution in [2.24, 2.45) is 0 Å². The highest BCUT2D eigenvalue weighted by atomic mass is 32.2. The second kappa shape index (κ2) is 7.06. The van der Waals surface area contributed by atoms with Crippen LogP contribution >= 0.6 is 0 Å². The summed E-state index contributed by atoms with van der Waals surface area (Å²) < 4.78 is 23.0. The lowest BCUT2D eigenvalue weighted by Gasteiger charge is -2.19. The van der Waals surface area contributed by atoms with E-state index < -0.39 is 9.84 Å². The van der Waals surface area contributed by atoms with Gasteiger partial charge in [-0.2, -0.15) is 0 Å². The predicted octanol–water partition coefficient (Wildman–Crippen LogP) is 2.78. The monoisotopic (exact) mass is 283 g/mol. The van der Waals surface area contributed by atoms with Gasteiger partial charge >= 0.3 is 0 Å². The molecule has 0 saturated carbocycles. The summed E-state index contributed by atoms with van der Waals surface area (Å²) in [5.74, 6) is 0.521. The average Bonchev–Trinajstić information content (AvgIpc) is 2.38. The Bertz CT molecular complexity index is 509. The van der Waals surface area contributed by atoms with Crippen molar-refractivity contribution in [3.05, 3.63) is 34.9 Å². The Labute approximate surface area is 117 Å². The van der Waals surface area contributed by atoms with Crippen LogP contribution in [0.4, 0.5) is 0 Å². The average molecular weight is 283 g/mol. The molecule has 0 heterocycles. The Morgan fingerprint density at radius 3 is 2.53 bits per heavy atom. The molecular formula is C15H25NO2S. The lowest BCUT2D eigenvalue weighted by molar-refractivity contribution is 0.533. The molecule has 1 rings (SSSR count). The van der Waals surface area contributed by atoms with Crippen LogP contribution in [-0.2, 0) is 9.84 Å². The minimum Gasteiger partial charge on any atom is -0.313 e. The van der Waals surface area contributed by atoms with Crippen LogP contribution in [-0.4, -0.2) is 27.0 Å². The molecule has 1 atom stereocenters. The maximum atomic E-state index is 11.5. The van der Waals surface area contributed by atoms with Gasteiger partial charge in [-0.15, -0.1) is 0 Å². The number of aryl methyl sites for hydroxylation is 2. The highest BCUT2D eigenvalue weighted by Gasteiger charge is 2.14. The number of rotatable bonds is 7. The maximum absolute atomic E-state index is 11.5. The van der Waals surface area contributed by atoms with Crippen LogP contribution in [0.3, 0.4) is 0 Å². The van der Waals surface area contributed by atoms with E-state index in [1.165, 1.54) is 16.7 Å². The molecule has 0 aliphatic carbocycles. The summed E-state index contributed by atoms with van der Waals surface area (Å²) in [5, 5.41) is 3.30. The van der Waals surface area contributed by atoms with Crippen LogP contribution < -0.4 is 5.32 Å². The Balaban J connectivity index is 2.71. The van der Waals surface area contributed by atoms with E-state index in [-0.39, 0.29) is 17.5 Å². The zero-order valence-electron chi connectivity index (χ0n) is 12.4. The second-order valence-corrected chi connectivity index (χ2v) is 7.55. The highest BCUT2D eigenvalue weighted by molar-refractivity contribution is 7.91. The molecule has 1 N–H and O–H groups in total. The van der Waals surface area contributed by atoms with Gasteiger partial charge in [0, 0.05) is 11.8 Å². The topological polar surface area (TPSA) is 46.2 Å². The number of nitrogens with one attached hydrogen (secondary N) is 1. The second-order valence-electron chi connectivity index (χ2n) is 5.08. The van der Waals surface area contributed by atoms with Gasteiger partial charge in [0.2, 0.25) is 0 Å². The van der Waals surface area contributed by atoms with Crippen LogP contribution in [0, 0.1) is 13.8 Å². The SMILES string of the molecule is CCS(=O)(=O)CCCC(NC)c1cc(C)ccc1C. The summed E-state index contributed by atoms with van der Waals surface area (Å²) >= 11 is 0. The van der Waals surface area contributed by atoms with Gasteiger partial charge in [0.05, 0.1) is 5.75 Å². The molecule has 1 aromatic rings. The summed E-state index contributed by atoms with van der Waals surface area (Å²) in [6.07, 6.45) is 1.55. The first-order valence-electron chi connectivity index (χ1n) is 6.84. The summed E-state index contributed by atoms with van der Waals surface area (Å²) in [5.41, 5.74) is 3.77. The summed E-state index contributed by atoms with van der Waals surface area (Å²) in [4.78, 5) is 0. The van der Waals surface area contributed by atoms with Crippen LogP contribution in [0.1, 0.15) is 42.5 Å². The standard InChI is InChI=1S/C15H25NO2S/c1-5-19(17,18)10-6-7-15(16-4)14-11-12(2)8-9-13(14)3/h8-9,11,15-16H,5-7,10H2,1-4H3. The molecule has 108 valence electrons. The van der Waals surface area contributed by atoms with Crippen LogP contribution in [0.25, 0.3) is 0 Å². The van der Waals surface area contributed by atoms with E-state index in [0.717, 1.165) is 6.42 Å². The van der Waals surface area contributed by atoms with Gasteiger partial charge < -0.3 is 5.32 Å². The molecule has 1 unspecified atom stereocenters. The molecule has 0 bridgehead atoms. The first-order chi connectivity index (χ1) is 8.89. The van der Waals surface area contributed by atoms with Gasteiger partial charge in [-0.05, 0) is 44.9 Å². The zero-order chi connectivity index (χ0) is 14.5. The molecule has 0 amide bonds. The van der Waals surface area contributed by atoms with E-state index in [1.54, 1.807) is 6.92 Å². The third-order valence-corrected chi connectivity index (χ3v) is 5.34. The molecule has 0 radical (unpaired) electrons. The van der Waals surface area contributed by atoms with Gasteiger partial charge in [0.25, 0.3) is 0 Å². The van der Waals surface area contributed by atoms with Crippen LogP contribution in [0.5, 0.6) is 0 Å². The number of benzene rings is 1. The fourth-order valence-electron chi connectivity index (χ4n) is 2.24. The lowest BCUT2D eigenvalue weighted by Crippen LogP contribution is -2.19. The fraction of sp³-hybridized carbons (Fsp3) is 0.600. The largest absolute Gasteiger partial charge is 0.313 e. The Morgan fingerprint density at radius 2 is 1.95 bits per heavy atom. The fourth-order valence-corrected chi connectivity index (χ4v) is 3.14. The zero-order valence-corrected chi connectivity index (χ0v) is 13.2. The molecule has 19 heavy (non-hydrogen) atoms. The van der Waals surface area contributed by atoms with E-state index in [2.05, 4.69) is 37.4 Å². The molecule has 4 heteroatoms. The van der Waals surface area contributed by atoms with E-state index in [0.29, 0.717) is 6.42 Å². The minimum atomic E-state index is -2.85. The van der Waals surface area contributed by atoms with Gasteiger partial charge in [-0.25, -0.2) is 8.42 Å². The van der Waals surface area contributed by atoms with Crippen molar-refractivity contribution < 1.29 is 8.42 Å². The minimum absolute atomic E-state index is 0.229. The van der Waals surface area contributed by atoms with Gasteiger partial charge in [0.1, 0.15) is 9.84 Å². The van der Waals surface area contributed by atoms with Gasteiger partial charge in [-0.1, -0.05) is 30.7 Å². The third kappa shape index (κ3) is 4.96. The smallest absolute Gasteiger partial charge is 0.150 e. The number of hydrogen-bond acceptors (Lipinski definition) is 3. The molecule has 0 saturated heterocycles. The van der Waals surface area contributed by atoms with Crippen molar-refractivity contribution in [1.29, 1.82) is 0 Å². The van der Waals surface area contributed by atoms with Gasteiger partial charge in [-0.3, -0.25) is 0 Å². The molecular weight excluding hydrogens is 258 g/mol. The summed E-state index contributed by atoms with van der Waals surface area (Å²) in [7, 11) is -0.920. The Kier molecular flexibility index (Phi) is 6.01. The highest BCUT2D eigenvalue weighted by Crippen LogP contribution is 2.23. The quantitative estimate of drug-likeness (QED) is 0.837. The Morgan fingerprint density at radius 1 is 1.26 bits per heavy atom. The molecule has 1 aromatic carbocycles. The lowest BCUT2D eigenvalue weighted by atomic mass is 9.96. The molecule has 3 nitrogen and oxygen atoms in total. The molecule has 0 fully saturated rings. The van der Waals surface area contributed by atoms with Crippen molar-refractivity contribution in [2.75, 3.05) is 18.6 Å². The summed E-state index contributed by atoms with van der Waals surface area (Å²) in [6, 6.07) is 6.64. The van der Waals surface area contributed by atoms with Crippen molar-refractivity contribution in [3.63, 3.8) is 0 Å². The normalized spacial score (nSPS) is 13.5. The van der Waals surface area contributed by atoms with Gasteiger partial charge in [0.15, 0.2) is 0 Å². The van der Waals surface area contributed by atoms with E-state index in [4.69, 9.17) is 0 Å². The number of hydrogen-bond donors (Lipinski definition) is 1.